The van der Waals surface area contributed by atoms with Crippen LogP contribution >= 0.6 is 0 Å². The van der Waals surface area contributed by atoms with Gasteiger partial charge in [-0.25, -0.2) is 0 Å². The van der Waals surface area contributed by atoms with Crippen molar-refractivity contribution < 1.29 is 23.8 Å². The molecule has 3 aliphatic rings. The second-order valence-electron chi connectivity index (χ2n) is 6.12. The van der Waals surface area contributed by atoms with E-state index in [0.29, 0.717) is 17.2 Å². The van der Waals surface area contributed by atoms with Crippen LogP contribution in [0.25, 0.3) is 0 Å². The van der Waals surface area contributed by atoms with Gasteiger partial charge >= 0.3 is 5.97 Å². The molecule has 0 spiro atoms. The quantitative estimate of drug-likeness (QED) is 0.797. The smallest absolute Gasteiger partial charge is 0.319 e. The summed E-state index contributed by atoms with van der Waals surface area (Å²) in [7, 11) is 1.62. The van der Waals surface area contributed by atoms with E-state index in [2.05, 4.69) is 5.16 Å². The zero-order valence-electron chi connectivity index (χ0n) is 13.0. The predicted octanol–water partition coefficient (Wildman–Crippen LogP) is 2.29. The van der Waals surface area contributed by atoms with Crippen molar-refractivity contribution in [3.05, 3.63) is 23.8 Å². The van der Waals surface area contributed by atoms with Crippen molar-refractivity contribution in [2.75, 3.05) is 13.7 Å². The van der Waals surface area contributed by atoms with Crippen molar-refractivity contribution >= 4 is 11.7 Å². The van der Waals surface area contributed by atoms with Gasteiger partial charge in [-0.15, -0.1) is 0 Å². The van der Waals surface area contributed by atoms with E-state index in [4.69, 9.17) is 19.0 Å². The van der Waals surface area contributed by atoms with Crippen LogP contribution in [-0.2, 0) is 14.4 Å². The topological polar surface area (TPSA) is 66.3 Å². The van der Waals surface area contributed by atoms with Crippen LogP contribution in [0, 0.1) is 5.92 Å². The lowest BCUT2D eigenvalue weighted by molar-refractivity contribution is -0.139. The van der Waals surface area contributed by atoms with E-state index in [1.54, 1.807) is 7.11 Å². The average Bonchev–Trinajstić information content (AvgIpc) is 3.27. The Balaban J connectivity index is 1.63. The standard InChI is InChI=1S/C17H19NO5/c1-20-12-7-6-10(8-13(12)22-11-4-2-3-5-11)16-15-14(23-18-16)9-21-17(15)19/h6-8,11,14-15H,2-5,9H2,1H3. The van der Waals surface area contributed by atoms with Gasteiger partial charge in [-0.2, -0.15) is 0 Å². The molecule has 1 aliphatic carbocycles. The number of rotatable bonds is 4. The number of hydrogen-bond acceptors (Lipinski definition) is 6. The highest BCUT2D eigenvalue weighted by Crippen LogP contribution is 2.35. The number of cyclic esters (lactones) is 1. The van der Waals surface area contributed by atoms with Crippen LogP contribution in [0.3, 0.4) is 0 Å². The highest BCUT2D eigenvalue weighted by Gasteiger charge is 2.47. The fourth-order valence-corrected chi connectivity index (χ4v) is 3.41. The van der Waals surface area contributed by atoms with E-state index in [1.807, 2.05) is 18.2 Å². The molecule has 1 aromatic carbocycles. The first-order valence-electron chi connectivity index (χ1n) is 8.01. The second-order valence-corrected chi connectivity index (χ2v) is 6.12. The van der Waals surface area contributed by atoms with Crippen molar-refractivity contribution in [3.8, 4) is 11.5 Å². The van der Waals surface area contributed by atoms with E-state index in [9.17, 15) is 4.79 Å². The van der Waals surface area contributed by atoms with E-state index in [-0.39, 0.29) is 24.8 Å². The minimum atomic E-state index is -0.442. The summed E-state index contributed by atoms with van der Waals surface area (Å²) in [5, 5.41) is 4.09. The summed E-state index contributed by atoms with van der Waals surface area (Å²) >= 11 is 0. The number of methoxy groups -OCH3 is 1. The lowest BCUT2D eigenvalue weighted by Gasteiger charge is -2.17. The molecule has 1 saturated carbocycles. The lowest BCUT2D eigenvalue weighted by Crippen LogP contribution is -2.25. The minimum absolute atomic E-state index is 0.227. The Bertz CT molecular complexity index is 650. The van der Waals surface area contributed by atoms with Gasteiger partial charge in [0.1, 0.15) is 18.2 Å². The van der Waals surface area contributed by atoms with Crippen LogP contribution in [0.5, 0.6) is 11.5 Å². The van der Waals surface area contributed by atoms with Gasteiger partial charge in [-0.05, 0) is 43.9 Å². The third-order valence-corrected chi connectivity index (χ3v) is 4.65. The largest absolute Gasteiger partial charge is 0.493 e. The molecule has 2 heterocycles. The molecule has 2 fully saturated rings. The third kappa shape index (κ3) is 2.52. The molecule has 0 amide bonds. The number of esters is 1. The van der Waals surface area contributed by atoms with Crippen LogP contribution in [0.1, 0.15) is 31.2 Å². The summed E-state index contributed by atoms with van der Waals surface area (Å²) < 4.78 is 16.5. The number of nitrogens with zero attached hydrogens (tertiary/aromatic N) is 1. The molecule has 23 heavy (non-hydrogen) atoms. The normalized spacial score (nSPS) is 26.5. The van der Waals surface area contributed by atoms with Gasteiger partial charge in [0.15, 0.2) is 17.6 Å². The van der Waals surface area contributed by atoms with Crippen molar-refractivity contribution in [1.82, 2.24) is 0 Å². The molecule has 2 aliphatic heterocycles. The highest BCUT2D eigenvalue weighted by molar-refractivity contribution is 6.13. The zero-order valence-corrected chi connectivity index (χ0v) is 13.0. The van der Waals surface area contributed by atoms with Crippen LogP contribution in [-0.4, -0.2) is 37.6 Å². The molecular weight excluding hydrogens is 298 g/mol. The van der Waals surface area contributed by atoms with Crippen LogP contribution in [0.4, 0.5) is 0 Å². The molecule has 6 nitrogen and oxygen atoms in total. The predicted molar refractivity (Wildman–Crippen MR) is 81.7 cm³/mol. The molecule has 122 valence electrons. The summed E-state index contributed by atoms with van der Waals surface area (Å²) in [6, 6.07) is 5.60. The Morgan fingerprint density at radius 3 is 2.83 bits per heavy atom. The first kappa shape index (κ1) is 14.4. The fraction of sp³-hybridized carbons (Fsp3) is 0.529. The van der Waals surface area contributed by atoms with Crippen LogP contribution in [0.15, 0.2) is 23.4 Å². The van der Waals surface area contributed by atoms with Gasteiger partial charge in [0.25, 0.3) is 0 Å². The van der Waals surface area contributed by atoms with Gasteiger partial charge in [-0.1, -0.05) is 5.16 Å². The maximum absolute atomic E-state index is 11.9. The first-order valence-corrected chi connectivity index (χ1v) is 8.01. The minimum Gasteiger partial charge on any atom is -0.493 e. The summed E-state index contributed by atoms with van der Waals surface area (Å²) in [5.74, 6) is 0.656. The van der Waals surface area contributed by atoms with Gasteiger partial charge in [0.05, 0.1) is 13.2 Å². The van der Waals surface area contributed by atoms with Crippen molar-refractivity contribution in [2.45, 2.75) is 37.9 Å². The maximum atomic E-state index is 11.9. The monoisotopic (exact) mass is 317 g/mol. The van der Waals surface area contributed by atoms with Crippen LogP contribution in [0.2, 0.25) is 0 Å². The van der Waals surface area contributed by atoms with E-state index in [1.165, 1.54) is 12.8 Å². The molecule has 2 atom stereocenters. The number of carbonyl (C=O) groups excluding carboxylic acids is 1. The second kappa shape index (κ2) is 5.76. The van der Waals surface area contributed by atoms with E-state index >= 15 is 0 Å². The third-order valence-electron chi connectivity index (χ3n) is 4.65. The average molecular weight is 317 g/mol. The molecular formula is C17H19NO5. The van der Waals surface area contributed by atoms with Gasteiger partial charge in [0, 0.05) is 5.56 Å². The van der Waals surface area contributed by atoms with E-state index < -0.39 is 5.92 Å². The van der Waals surface area contributed by atoms with Gasteiger partial charge in [0.2, 0.25) is 0 Å². The van der Waals surface area contributed by atoms with E-state index in [0.717, 1.165) is 18.4 Å². The summed E-state index contributed by atoms with van der Waals surface area (Å²) in [4.78, 5) is 17.2. The molecule has 4 rings (SSSR count). The number of hydrogen-bond donors (Lipinski definition) is 0. The molecule has 0 bridgehead atoms. The fourth-order valence-electron chi connectivity index (χ4n) is 3.41. The Labute approximate surface area is 134 Å². The Morgan fingerprint density at radius 1 is 1.22 bits per heavy atom. The molecule has 1 saturated heterocycles. The molecule has 6 heteroatoms. The Hall–Kier alpha value is -2.24. The maximum Gasteiger partial charge on any atom is 0.319 e. The molecule has 0 N–H and O–H groups in total. The van der Waals surface area contributed by atoms with Crippen LogP contribution < -0.4 is 9.47 Å². The van der Waals surface area contributed by atoms with Gasteiger partial charge < -0.3 is 19.0 Å². The highest BCUT2D eigenvalue weighted by atomic mass is 16.7. The van der Waals surface area contributed by atoms with Crippen molar-refractivity contribution in [2.24, 2.45) is 11.1 Å². The zero-order chi connectivity index (χ0) is 15.8. The van der Waals surface area contributed by atoms with Crippen molar-refractivity contribution in [1.29, 1.82) is 0 Å². The molecule has 0 radical (unpaired) electrons. The number of benzene rings is 1. The SMILES string of the molecule is COc1ccc(C2=NOC3COC(=O)C23)cc1OC1CCCC1. The molecule has 2 unspecified atom stereocenters. The summed E-state index contributed by atoms with van der Waals surface area (Å²) in [6.45, 7) is 0.262. The van der Waals surface area contributed by atoms with Gasteiger partial charge in [-0.3, -0.25) is 4.79 Å². The Kier molecular flexibility index (Phi) is 3.59. The molecule has 0 aromatic heterocycles. The number of oxime groups is 1. The van der Waals surface area contributed by atoms with Crippen molar-refractivity contribution in [3.63, 3.8) is 0 Å². The summed E-state index contributed by atoms with van der Waals surface area (Å²) in [5.41, 5.74) is 1.42. The number of ether oxygens (including phenoxy) is 3. The first-order chi connectivity index (χ1) is 11.3. The summed E-state index contributed by atoms with van der Waals surface area (Å²) in [6.07, 6.45) is 4.44. The number of fused-ring (bicyclic) bond motifs is 1. The lowest BCUT2D eigenvalue weighted by atomic mass is 9.94. The molecule has 1 aromatic rings. The Morgan fingerprint density at radius 2 is 2.04 bits per heavy atom. The number of carbonyl (C=O) groups is 1.